The van der Waals surface area contributed by atoms with Crippen molar-refractivity contribution in [1.82, 2.24) is 14.1 Å². The van der Waals surface area contributed by atoms with Crippen LogP contribution < -0.4 is 0 Å². The van der Waals surface area contributed by atoms with Crippen molar-refractivity contribution in [2.45, 2.75) is 19.3 Å². The zero-order chi connectivity index (χ0) is 35.3. The van der Waals surface area contributed by atoms with Crippen molar-refractivity contribution in [3.63, 3.8) is 0 Å². The molecule has 0 saturated carbocycles. The van der Waals surface area contributed by atoms with E-state index in [1.165, 1.54) is 82.6 Å². The van der Waals surface area contributed by atoms with Crippen LogP contribution in [0.4, 0.5) is 0 Å². The lowest BCUT2D eigenvalue weighted by atomic mass is 9.82. The highest BCUT2D eigenvalue weighted by molar-refractivity contribution is 6.12. The number of pyridine rings is 1. The molecule has 0 amide bonds. The standard InChI is InChI=1S/C50H35N3/c1-50(2)44-14-8-6-12-38(44)39-23-22-37(30-45(39)50)53-48-25-19-35(29-43(48)41-26-27-51-31-49(41)53)34-18-24-47-42(28-34)40-13-7-9-15-46(40)52(47)36-20-16-33(17-21-36)32-10-4-3-5-11-32/h3-31H,1-2H3. The summed E-state index contributed by atoms with van der Waals surface area (Å²) in [5.41, 5.74) is 17.2. The molecule has 3 heteroatoms. The van der Waals surface area contributed by atoms with Gasteiger partial charge in [-0.3, -0.25) is 4.98 Å². The van der Waals surface area contributed by atoms with Crippen LogP contribution in [0.25, 0.3) is 88.4 Å². The Morgan fingerprint density at radius 3 is 1.74 bits per heavy atom. The van der Waals surface area contributed by atoms with Crippen molar-refractivity contribution in [1.29, 1.82) is 0 Å². The molecular formula is C50H35N3. The Balaban J connectivity index is 1.04. The third-order valence-corrected chi connectivity index (χ3v) is 11.6. The van der Waals surface area contributed by atoms with Crippen LogP contribution >= 0.6 is 0 Å². The van der Waals surface area contributed by atoms with Crippen LogP contribution in [0, 0.1) is 0 Å². The first kappa shape index (κ1) is 30.0. The molecule has 250 valence electrons. The smallest absolute Gasteiger partial charge is 0.0724 e. The fourth-order valence-corrected chi connectivity index (χ4v) is 9.02. The average Bonchev–Trinajstić information content (AvgIpc) is 3.81. The van der Waals surface area contributed by atoms with Crippen LogP contribution in [0.1, 0.15) is 25.0 Å². The Labute approximate surface area is 308 Å². The van der Waals surface area contributed by atoms with Crippen LogP contribution in [0.15, 0.2) is 176 Å². The van der Waals surface area contributed by atoms with E-state index in [4.69, 9.17) is 0 Å². The molecule has 0 radical (unpaired) electrons. The highest BCUT2D eigenvalue weighted by atomic mass is 15.0. The van der Waals surface area contributed by atoms with Gasteiger partial charge in [0.15, 0.2) is 0 Å². The summed E-state index contributed by atoms with van der Waals surface area (Å²) in [6.07, 6.45) is 3.92. The van der Waals surface area contributed by atoms with Gasteiger partial charge in [0.25, 0.3) is 0 Å². The molecule has 7 aromatic carbocycles. The third kappa shape index (κ3) is 4.37. The predicted molar refractivity (Wildman–Crippen MR) is 221 cm³/mol. The molecule has 53 heavy (non-hydrogen) atoms. The molecule has 3 heterocycles. The van der Waals surface area contributed by atoms with E-state index < -0.39 is 0 Å². The molecule has 0 unspecified atom stereocenters. The van der Waals surface area contributed by atoms with E-state index in [0.717, 1.165) is 16.9 Å². The number of hydrogen-bond acceptors (Lipinski definition) is 1. The molecule has 3 nitrogen and oxygen atoms in total. The monoisotopic (exact) mass is 677 g/mol. The lowest BCUT2D eigenvalue weighted by molar-refractivity contribution is 0.660. The summed E-state index contributed by atoms with van der Waals surface area (Å²) in [6, 6.07) is 60.1. The topological polar surface area (TPSA) is 22.8 Å². The second-order valence-corrected chi connectivity index (χ2v) is 14.9. The number of benzene rings is 7. The first-order chi connectivity index (χ1) is 26.0. The minimum absolute atomic E-state index is 0.0699. The van der Waals surface area contributed by atoms with Gasteiger partial charge in [-0.1, -0.05) is 117 Å². The maximum Gasteiger partial charge on any atom is 0.0724 e. The predicted octanol–water partition coefficient (Wildman–Crippen LogP) is 12.9. The van der Waals surface area contributed by atoms with Crippen molar-refractivity contribution in [3.05, 3.63) is 187 Å². The molecule has 10 aromatic rings. The zero-order valence-corrected chi connectivity index (χ0v) is 29.6. The van der Waals surface area contributed by atoms with Gasteiger partial charge in [0.05, 0.1) is 28.3 Å². The lowest BCUT2D eigenvalue weighted by Gasteiger charge is -2.22. The molecule has 0 atom stereocenters. The number of hydrogen-bond donors (Lipinski definition) is 0. The van der Waals surface area contributed by atoms with Gasteiger partial charge in [-0.15, -0.1) is 0 Å². The van der Waals surface area contributed by atoms with Crippen molar-refractivity contribution in [2.24, 2.45) is 0 Å². The van der Waals surface area contributed by atoms with Gasteiger partial charge in [-0.25, -0.2) is 0 Å². The number of fused-ring (bicyclic) bond motifs is 9. The molecule has 0 N–H and O–H groups in total. The Kier molecular flexibility index (Phi) is 6.30. The summed E-state index contributed by atoms with van der Waals surface area (Å²) in [4.78, 5) is 4.60. The fourth-order valence-electron chi connectivity index (χ4n) is 9.02. The normalized spacial score (nSPS) is 13.2. The molecule has 1 aliphatic rings. The SMILES string of the molecule is CC1(C)c2ccccc2-c2ccc(-n3c4ccc(-c5ccc6c(c5)c5ccccc5n6-c5ccc(-c6ccccc6)cc5)cc4c4ccncc43)cc21. The first-order valence-corrected chi connectivity index (χ1v) is 18.4. The maximum atomic E-state index is 4.60. The second kappa shape index (κ2) is 11.1. The molecular weight excluding hydrogens is 643 g/mol. The number of para-hydroxylation sites is 1. The van der Waals surface area contributed by atoms with E-state index in [0.29, 0.717) is 0 Å². The number of nitrogens with zero attached hydrogens (tertiary/aromatic N) is 3. The minimum atomic E-state index is -0.0699. The van der Waals surface area contributed by atoms with Gasteiger partial charge >= 0.3 is 0 Å². The summed E-state index contributed by atoms with van der Waals surface area (Å²) in [6.45, 7) is 4.69. The van der Waals surface area contributed by atoms with Gasteiger partial charge in [-0.05, 0) is 105 Å². The van der Waals surface area contributed by atoms with E-state index in [-0.39, 0.29) is 5.41 Å². The van der Waals surface area contributed by atoms with Crippen molar-refractivity contribution >= 4 is 43.6 Å². The zero-order valence-electron chi connectivity index (χ0n) is 29.6. The fraction of sp³-hybridized carbons (Fsp3) is 0.0600. The van der Waals surface area contributed by atoms with Crippen molar-refractivity contribution in [2.75, 3.05) is 0 Å². The highest BCUT2D eigenvalue weighted by Crippen LogP contribution is 2.49. The van der Waals surface area contributed by atoms with Crippen LogP contribution in [0.5, 0.6) is 0 Å². The maximum absolute atomic E-state index is 4.60. The van der Waals surface area contributed by atoms with Gasteiger partial charge in [0, 0.05) is 44.5 Å². The van der Waals surface area contributed by atoms with Crippen molar-refractivity contribution in [3.8, 4) is 44.8 Å². The molecule has 3 aromatic heterocycles. The van der Waals surface area contributed by atoms with E-state index >= 15 is 0 Å². The molecule has 0 saturated heterocycles. The summed E-state index contributed by atoms with van der Waals surface area (Å²) >= 11 is 0. The largest absolute Gasteiger partial charge is 0.309 e. The quantitative estimate of drug-likeness (QED) is 0.182. The molecule has 0 bridgehead atoms. The molecule has 11 rings (SSSR count). The van der Waals surface area contributed by atoms with Gasteiger partial charge < -0.3 is 9.13 Å². The van der Waals surface area contributed by atoms with Gasteiger partial charge in [0.1, 0.15) is 0 Å². The van der Waals surface area contributed by atoms with Gasteiger partial charge in [0.2, 0.25) is 0 Å². The van der Waals surface area contributed by atoms with E-state index in [1.807, 2.05) is 12.4 Å². The molecule has 0 spiro atoms. The minimum Gasteiger partial charge on any atom is -0.309 e. The summed E-state index contributed by atoms with van der Waals surface area (Å²) in [7, 11) is 0. The summed E-state index contributed by atoms with van der Waals surface area (Å²) in [5, 5.41) is 4.93. The molecule has 0 aliphatic heterocycles. The third-order valence-electron chi connectivity index (χ3n) is 11.6. The van der Waals surface area contributed by atoms with Crippen LogP contribution in [-0.2, 0) is 5.41 Å². The van der Waals surface area contributed by atoms with Crippen LogP contribution in [-0.4, -0.2) is 14.1 Å². The summed E-state index contributed by atoms with van der Waals surface area (Å²) < 4.78 is 4.78. The molecule has 1 aliphatic carbocycles. The Hall–Kier alpha value is -6.71. The van der Waals surface area contributed by atoms with E-state index in [1.54, 1.807) is 0 Å². The van der Waals surface area contributed by atoms with Crippen LogP contribution in [0.2, 0.25) is 0 Å². The Morgan fingerprint density at radius 1 is 0.396 bits per heavy atom. The molecule has 0 fully saturated rings. The van der Waals surface area contributed by atoms with Crippen LogP contribution in [0.3, 0.4) is 0 Å². The lowest BCUT2D eigenvalue weighted by Crippen LogP contribution is -2.15. The average molecular weight is 678 g/mol. The van der Waals surface area contributed by atoms with Crippen molar-refractivity contribution < 1.29 is 0 Å². The second-order valence-electron chi connectivity index (χ2n) is 14.9. The van der Waals surface area contributed by atoms with E-state index in [2.05, 4.69) is 192 Å². The number of rotatable bonds is 4. The first-order valence-electron chi connectivity index (χ1n) is 18.4. The Morgan fingerprint density at radius 2 is 0.962 bits per heavy atom. The summed E-state index contributed by atoms with van der Waals surface area (Å²) in [5.74, 6) is 0. The highest BCUT2D eigenvalue weighted by Gasteiger charge is 2.35. The Bertz CT molecular complexity index is 3070. The van der Waals surface area contributed by atoms with Gasteiger partial charge in [-0.2, -0.15) is 0 Å². The number of aromatic nitrogens is 3. The van der Waals surface area contributed by atoms with E-state index in [9.17, 15) is 0 Å².